The second-order valence-electron chi connectivity index (χ2n) is 6.42. The fourth-order valence-corrected chi connectivity index (χ4v) is 3.04. The Morgan fingerprint density at radius 1 is 1.46 bits per heavy atom. The number of likely N-dealkylation sites (N-methyl/N-ethyl adjacent to an activating group) is 1. The number of halogens is 1. The molecule has 0 aliphatic carbocycles. The third kappa shape index (κ3) is 4.87. The maximum Gasteiger partial charge on any atom is 0.317 e. The number of hydrogen-bond donors (Lipinski definition) is 1. The Morgan fingerprint density at radius 3 is 3.04 bits per heavy atom. The van der Waals surface area contributed by atoms with E-state index in [-0.39, 0.29) is 18.5 Å². The zero-order valence-corrected chi connectivity index (χ0v) is 14.6. The number of rotatable bonds is 7. The van der Waals surface area contributed by atoms with Gasteiger partial charge in [0.1, 0.15) is 5.82 Å². The second kappa shape index (κ2) is 8.39. The summed E-state index contributed by atoms with van der Waals surface area (Å²) in [5, 5.41) is 8.84. The van der Waals surface area contributed by atoms with Gasteiger partial charge in [0.15, 0.2) is 5.76 Å². The van der Waals surface area contributed by atoms with Crippen molar-refractivity contribution in [1.82, 2.24) is 14.8 Å². The molecule has 0 spiro atoms. The van der Waals surface area contributed by atoms with Crippen molar-refractivity contribution < 1.29 is 23.4 Å². The van der Waals surface area contributed by atoms with Gasteiger partial charge < -0.3 is 14.3 Å². The number of aromatic nitrogens is 1. The van der Waals surface area contributed by atoms with Crippen molar-refractivity contribution in [2.75, 3.05) is 39.8 Å². The summed E-state index contributed by atoms with van der Waals surface area (Å²) in [6.07, 6.45) is 1.46. The van der Waals surface area contributed by atoms with Crippen LogP contribution in [0, 0.1) is 5.82 Å². The van der Waals surface area contributed by atoms with Crippen LogP contribution in [-0.4, -0.2) is 71.8 Å². The van der Waals surface area contributed by atoms with E-state index in [1.807, 2.05) is 0 Å². The molecule has 1 aliphatic heterocycles. The highest BCUT2D eigenvalue weighted by Gasteiger charge is 2.23. The monoisotopic (exact) mass is 363 g/mol. The molecule has 140 valence electrons. The number of carbonyl (C=O) groups is 1. The zero-order valence-electron chi connectivity index (χ0n) is 14.6. The fourth-order valence-electron chi connectivity index (χ4n) is 3.04. The third-order valence-electron chi connectivity index (χ3n) is 4.20. The summed E-state index contributed by atoms with van der Waals surface area (Å²) in [6, 6.07) is 6.42. The summed E-state index contributed by atoms with van der Waals surface area (Å²) in [6.45, 7) is 2.96. The minimum atomic E-state index is -0.861. The lowest BCUT2D eigenvalue weighted by molar-refractivity contribution is -0.138. The molecule has 0 radical (unpaired) electrons. The quantitative estimate of drug-likeness (QED) is 0.802. The molecule has 1 aliphatic rings. The molecule has 1 fully saturated rings. The first-order valence-electron chi connectivity index (χ1n) is 8.45. The van der Waals surface area contributed by atoms with E-state index in [1.54, 1.807) is 30.1 Å². The summed E-state index contributed by atoms with van der Waals surface area (Å²) < 4.78 is 25.3. The zero-order chi connectivity index (χ0) is 18.5. The van der Waals surface area contributed by atoms with Crippen molar-refractivity contribution in [2.45, 2.75) is 12.6 Å². The van der Waals surface area contributed by atoms with Gasteiger partial charge in [-0.1, -0.05) is 12.1 Å². The van der Waals surface area contributed by atoms with E-state index < -0.39 is 5.97 Å². The maximum atomic E-state index is 13.8. The van der Waals surface area contributed by atoms with Crippen LogP contribution in [-0.2, 0) is 16.1 Å². The molecule has 0 amide bonds. The van der Waals surface area contributed by atoms with Crippen LogP contribution in [0.25, 0.3) is 11.3 Å². The van der Waals surface area contributed by atoms with Crippen LogP contribution < -0.4 is 0 Å². The van der Waals surface area contributed by atoms with Crippen molar-refractivity contribution in [1.29, 1.82) is 0 Å². The molecular formula is C18H22FN3O4. The van der Waals surface area contributed by atoms with Gasteiger partial charge in [-0.25, -0.2) is 9.37 Å². The Balaban J connectivity index is 1.57. The minimum absolute atomic E-state index is 0.0222. The molecule has 1 saturated heterocycles. The Labute approximate surface area is 151 Å². The first kappa shape index (κ1) is 18.5. The van der Waals surface area contributed by atoms with Crippen molar-refractivity contribution in [2.24, 2.45) is 0 Å². The first-order chi connectivity index (χ1) is 12.5. The molecule has 3 rings (SSSR count). The van der Waals surface area contributed by atoms with Crippen LogP contribution in [0.15, 0.2) is 34.9 Å². The predicted octanol–water partition coefficient (Wildman–Crippen LogP) is 1.70. The first-order valence-corrected chi connectivity index (χ1v) is 8.45. The summed E-state index contributed by atoms with van der Waals surface area (Å²) in [5.41, 5.74) is 0.390. The minimum Gasteiger partial charge on any atom is -0.480 e. The third-order valence-corrected chi connectivity index (χ3v) is 4.20. The van der Waals surface area contributed by atoms with Crippen molar-refractivity contribution in [3.63, 3.8) is 0 Å². The molecular weight excluding hydrogens is 341 g/mol. The van der Waals surface area contributed by atoms with Crippen molar-refractivity contribution in [3.8, 4) is 11.3 Å². The van der Waals surface area contributed by atoms with E-state index in [9.17, 15) is 9.18 Å². The average Bonchev–Trinajstić information content (AvgIpc) is 3.03. The largest absolute Gasteiger partial charge is 0.480 e. The van der Waals surface area contributed by atoms with E-state index in [0.29, 0.717) is 43.5 Å². The van der Waals surface area contributed by atoms with Crippen LogP contribution in [0.3, 0.4) is 0 Å². The number of benzene rings is 1. The Hall–Kier alpha value is -2.29. The number of ether oxygens (including phenoxy) is 1. The summed E-state index contributed by atoms with van der Waals surface area (Å²) in [5.74, 6) is -0.282. The highest BCUT2D eigenvalue weighted by Crippen LogP contribution is 2.24. The van der Waals surface area contributed by atoms with E-state index in [4.69, 9.17) is 14.3 Å². The molecule has 1 atom stereocenters. The standard InChI is InChI=1S/C18H22FN3O4/c1-21(12-18(23)24)9-13-10-22(6-7-25-13)11-17-20-8-16(26-17)14-4-2-3-5-15(14)19/h2-5,8,13H,6-7,9-12H2,1H3,(H,23,24). The maximum absolute atomic E-state index is 13.8. The smallest absolute Gasteiger partial charge is 0.317 e. The molecule has 8 heteroatoms. The number of carboxylic acid groups (broad SMARTS) is 1. The van der Waals surface area contributed by atoms with Crippen LogP contribution in [0.1, 0.15) is 5.89 Å². The summed E-state index contributed by atoms with van der Waals surface area (Å²) in [7, 11) is 1.76. The van der Waals surface area contributed by atoms with Crippen LogP contribution in [0.4, 0.5) is 4.39 Å². The lowest BCUT2D eigenvalue weighted by atomic mass is 10.2. The fraction of sp³-hybridized carbons (Fsp3) is 0.444. The van der Waals surface area contributed by atoms with Crippen molar-refractivity contribution in [3.05, 3.63) is 42.2 Å². The molecule has 26 heavy (non-hydrogen) atoms. The van der Waals surface area contributed by atoms with E-state index in [0.717, 1.165) is 6.54 Å². The Bertz CT molecular complexity index is 752. The summed E-state index contributed by atoms with van der Waals surface area (Å²) >= 11 is 0. The highest BCUT2D eigenvalue weighted by molar-refractivity contribution is 5.69. The SMILES string of the molecule is CN(CC(=O)O)CC1CN(Cc2ncc(-c3ccccc3F)o2)CCO1. The number of aliphatic carboxylic acids is 1. The van der Waals surface area contributed by atoms with Gasteiger partial charge in [0.05, 0.1) is 37.6 Å². The molecule has 2 heterocycles. The number of hydrogen-bond acceptors (Lipinski definition) is 6. The average molecular weight is 363 g/mol. The number of oxazole rings is 1. The van der Waals surface area contributed by atoms with Crippen LogP contribution in [0.2, 0.25) is 0 Å². The Morgan fingerprint density at radius 2 is 2.27 bits per heavy atom. The molecule has 1 aromatic heterocycles. The van der Waals surface area contributed by atoms with Gasteiger partial charge in [0, 0.05) is 19.6 Å². The van der Waals surface area contributed by atoms with Crippen LogP contribution >= 0.6 is 0 Å². The predicted molar refractivity (Wildman–Crippen MR) is 92.0 cm³/mol. The molecule has 0 saturated carbocycles. The number of morpholine rings is 1. The van der Waals surface area contributed by atoms with E-state index in [2.05, 4.69) is 9.88 Å². The lowest BCUT2D eigenvalue weighted by Gasteiger charge is -2.33. The number of nitrogens with zero attached hydrogens (tertiary/aromatic N) is 3. The highest BCUT2D eigenvalue weighted by atomic mass is 19.1. The van der Waals surface area contributed by atoms with Gasteiger partial charge in [0.25, 0.3) is 0 Å². The molecule has 7 nitrogen and oxygen atoms in total. The molecule has 1 N–H and O–H groups in total. The topological polar surface area (TPSA) is 79.0 Å². The Kier molecular flexibility index (Phi) is 5.97. The van der Waals surface area contributed by atoms with E-state index >= 15 is 0 Å². The van der Waals surface area contributed by atoms with Gasteiger partial charge in [-0.05, 0) is 19.2 Å². The molecule has 1 unspecified atom stereocenters. The van der Waals surface area contributed by atoms with Gasteiger partial charge in [0.2, 0.25) is 5.89 Å². The van der Waals surface area contributed by atoms with E-state index in [1.165, 1.54) is 12.3 Å². The molecule has 0 bridgehead atoms. The molecule has 1 aromatic carbocycles. The van der Waals surface area contributed by atoms with Gasteiger partial charge >= 0.3 is 5.97 Å². The van der Waals surface area contributed by atoms with Gasteiger partial charge in [-0.15, -0.1) is 0 Å². The van der Waals surface area contributed by atoms with Crippen LogP contribution in [0.5, 0.6) is 0 Å². The normalized spacial score (nSPS) is 18.3. The number of carboxylic acids is 1. The summed E-state index contributed by atoms with van der Waals surface area (Å²) in [4.78, 5) is 18.9. The molecule has 2 aromatic rings. The second-order valence-corrected chi connectivity index (χ2v) is 6.42. The van der Waals surface area contributed by atoms with Gasteiger partial charge in [-0.3, -0.25) is 14.6 Å². The lowest BCUT2D eigenvalue weighted by Crippen LogP contribution is -2.47. The van der Waals surface area contributed by atoms with Crippen molar-refractivity contribution >= 4 is 5.97 Å². The van der Waals surface area contributed by atoms with Gasteiger partial charge in [-0.2, -0.15) is 0 Å².